The summed E-state index contributed by atoms with van der Waals surface area (Å²) < 4.78 is 39.9. The lowest BCUT2D eigenvalue weighted by Crippen LogP contribution is -2.30. The fourth-order valence-corrected chi connectivity index (χ4v) is 1.83. The van der Waals surface area contributed by atoms with E-state index in [9.17, 15) is 13.2 Å². The number of hydrogen-bond donors (Lipinski definition) is 2. The second kappa shape index (κ2) is 5.81. The van der Waals surface area contributed by atoms with Crippen molar-refractivity contribution in [1.82, 2.24) is 10.4 Å². The Morgan fingerprint density at radius 1 is 1.16 bits per heavy atom. The molecule has 0 aliphatic heterocycles. The third-order valence-corrected chi connectivity index (χ3v) is 2.82. The number of benzene rings is 1. The predicted octanol–water partition coefficient (Wildman–Crippen LogP) is 2.25. The van der Waals surface area contributed by atoms with Crippen molar-refractivity contribution in [3.05, 3.63) is 65.2 Å². The Morgan fingerprint density at radius 2 is 1.95 bits per heavy atom. The van der Waals surface area contributed by atoms with Crippen molar-refractivity contribution >= 4 is 0 Å². The lowest BCUT2D eigenvalue weighted by Gasteiger charge is -2.17. The maximum atomic E-state index is 13.6. The zero-order valence-corrected chi connectivity index (χ0v) is 9.91. The first-order chi connectivity index (χ1) is 9.11. The van der Waals surface area contributed by atoms with E-state index in [1.807, 2.05) is 0 Å². The van der Waals surface area contributed by atoms with Gasteiger partial charge in [0.25, 0.3) is 0 Å². The number of nitrogens with zero attached hydrogens (tertiary/aromatic N) is 1. The first kappa shape index (κ1) is 13.5. The van der Waals surface area contributed by atoms with E-state index in [0.717, 1.165) is 18.3 Å². The van der Waals surface area contributed by atoms with Crippen molar-refractivity contribution in [3.8, 4) is 0 Å². The van der Waals surface area contributed by atoms with Crippen molar-refractivity contribution in [3.63, 3.8) is 0 Å². The van der Waals surface area contributed by atoms with E-state index in [2.05, 4.69) is 10.4 Å². The fourth-order valence-electron chi connectivity index (χ4n) is 1.83. The molecule has 1 heterocycles. The molecule has 0 amide bonds. The molecule has 0 radical (unpaired) electrons. The van der Waals surface area contributed by atoms with Crippen molar-refractivity contribution in [2.75, 3.05) is 0 Å². The summed E-state index contributed by atoms with van der Waals surface area (Å²) in [5, 5.41) is 0. The molecular weight excluding hydrogens is 255 g/mol. The maximum absolute atomic E-state index is 13.6. The summed E-state index contributed by atoms with van der Waals surface area (Å²) in [4.78, 5) is 3.63. The number of pyridine rings is 1. The molecule has 0 aliphatic carbocycles. The Balaban J connectivity index is 2.27. The second-order valence-electron chi connectivity index (χ2n) is 4.06. The van der Waals surface area contributed by atoms with Crippen LogP contribution >= 0.6 is 0 Å². The van der Waals surface area contributed by atoms with Gasteiger partial charge in [-0.25, -0.2) is 13.2 Å². The van der Waals surface area contributed by atoms with E-state index in [1.54, 1.807) is 0 Å². The zero-order valence-electron chi connectivity index (χ0n) is 9.91. The van der Waals surface area contributed by atoms with Gasteiger partial charge in [0.05, 0.1) is 12.2 Å². The maximum Gasteiger partial charge on any atom is 0.146 e. The zero-order chi connectivity index (χ0) is 13.8. The van der Waals surface area contributed by atoms with Crippen molar-refractivity contribution < 1.29 is 13.2 Å². The molecule has 1 atom stereocenters. The molecule has 3 N–H and O–H groups in total. The predicted molar refractivity (Wildman–Crippen MR) is 64.3 cm³/mol. The SMILES string of the molecule is NNC(Cc1ccc(F)cc1F)c1ccncc1F. The van der Waals surface area contributed by atoms with Crippen molar-refractivity contribution in [2.24, 2.45) is 5.84 Å². The van der Waals surface area contributed by atoms with Crippen LogP contribution in [0.1, 0.15) is 17.2 Å². The van der Waals surface area contributed by atoms with Gasteiger partial charge in [0, 0.05) is 17.8 Å². The van der Waals surface area contributed by atoms with E-state index in [-0.39, 0.29) is 17.5 Å². The number of nitrogens with one attached hydrogen (secondary N) is 1. The van der Waals surface area contributed by atoms with E-state index in [0.29, 0.717) is 0 Å². The topological polar surface area (TPSA) is 50.9 Å². The Hall–Kier alpha value is -1.92. The van der Waals surface area contributed by atoms with E-state index < -0.39 is 23.5 Å². The first-order valence-corrected chi connectivity index (χ1v) is 5.61. The van der Waals surface area contributed by atoms with Crippen molar-refractivity contribution in [2.45, 2.75) is 12.5 Å². The molecule has 1 unspecified atom stereocenters. The Bertz CT molecular complexity index is 575. The molecule has 0 saturated carbocycles. The van der Waals surface area contributed by atoms with Crippen LogP contribution in [0.2, 0.25) is 0 Å². The van der Waals surface area contributed by atoms with Gasteiger partial charge in [-0.15, -0.1) is 0 Å². The number of nitrogens with two attached hydrogens (primary N) is 1. The van der Waals surface area contributed by atoms with Crippen LogP contribution in [0.3, 0.4) is 0 Å². The van der Waals surface area contributed by atoms with Crippen LogP contribution in [0.4, 0.5) is 13.2 Å². The summed E-state index contributed by atoms with van der Waals surface area (Å²) in [5.41, 5.74) is 2.95. The molecule has 2 rings (SSSR count). The summed E-state index contributed by atoms with van der Waals surface area (Å²) in [6, 6.07) is 4.08. The summed E-state index contributed by atoms with van der Waals surface area (Å²) in [6.07, 6.45) is 2.58. The molecule has 6 heteroatoms. The molecule has 1 aromatic carbocycles. The molecule has 0 bridgehead atoms. The van der Waals surface area contributed by atoms with Crippen LogP contribution in [0.15, 0.2) is 36.7 Å². The minimum Gasteiger partial charge on any atom is -0.271 e. The van der Waals surface area contributed by atoms with Gasteiger partial charge in [0.2, 0.25) is 0 Å². The van der Waals surface area contributed by atoms with Gasteiger partial charge in [-0.2, -0.15) is 0 Å². The average molecular weight is 267 g/mol. The standard InChI is InChI=1S/C13H12F3N3/c14-9-2-1-8(11(15)6-9)5-13(19-17)10-3-4-18-7-12(10)16/h1-4,6-7,13,19H,5,17H2. The highest BCUT2D eigenvalue weighted by molar-refractivity contribution is 5.24. The van der Waals surface area contributed by atoms with Gasteiger partial charge in [0.15, 0.2) is 0 Å². The molecule has 0 aliphatic rings. The number of hydrogen-bond acceptors (Lipinski definition) is 3. The van der Waals surface area contributed by atoms with Crippen LogP contribution < -0.4 is 11.3 Å². The van der Waals surface area contributed by atoms with E-state index >= 15 is 0 Å². The van der Waals surface area contributed by atoms with Gasteiger partial charge in [-0.1, -0.05) is 6.07 Å². The largest absolute Gasteiger partial charge is 0.271 e. The highest BCUT2D eigenvalue weighted by Crippen LogP contribution is 2.21. The van der Waals surface area contributed by atoms with Gasteiger partial charge in [-0.3, -0.25) is 16.3 Å². The molecule has 0 spiro atoms. The molecule has 3 nitrogen and oxygen atoms in total. The van der Waals surface area contributed by atoms with Crippen LogP contribution in [0.5, 0.6) is 0 Å². The van der Waals surface area contributed by atoms with Gasteiger partial charge < -0.3 is 0 Å². The number of halogens is 3. The van der Waals surface area contributed by atoms with Gasteiger partial charge in [-0.05, 0) is 24.1 Å². The number of aromatic nitrogens is 1. The molecule has 100 valence electrons. The normalized spacial score (nSPS) is 12.4. The van der Waals surface area contributed by atoms with Crippen molar-refractivity contribution in [1.29, 1.82) is 0 Å². The van der Waals surface area contributed by atoms with Crippen LogP contribution in [-0.2, 0) is 6.42 Å². The van der Waals surface area contributed by atoms with Gasteiger partial charge >= 0.3 is 0 Å². The summed E-state index contributed by atoms with van der Waals surface area (Å²) >= 11 is 0. The lowest BCUT2D eigenvalue weighted by atomic mass is 9.99. The summed E-state index contributed by atoms with van der Waals surface area (Å²) in [7, 11) is 0. The van der Waals surface area contributed by atoms with Crippen LogP contribution in [0.25, 0.3) is 0 Å². The summed E-state index contributed by atoms with van der Waals surface area (Å²) in [5.74, 6) is 3.49. The molecule has 0 saturated heterocycles. The molecule has 2 aromatic rings. The van der Waals surface area contributed by atoms with Crippen LogP contribution in [-0.4, -0.2) is 4.98 Å². The molecule has 0 fully saturated rings. The summed E-state index contributed by atoms with van der Waals surface area (Å²) in [6.45, 7) is 0. The third kappa shape index (κ3) is 3.10. The molecule has 19 heavy (non-hydrogen) atoms. The Kier molecular flexibility index (Phi) is 4.13. The highest BCUT2D eigenvalue weighted by Gasteiger charge is 2.17. The molecule has 1 aromatic heterocycles. The van der Waals surface area contributed by atoms with E-state index in [4.69, 9.17) is 5.84 Å². The van der Waals surface area contributed by atoms with E-state index in [1.165, 1.54) is 18.3 Å². The average Bonchev–Trinajstić information content (AvgIpc) is 2.39. The fraction of sp³-hybridized carbons (Fsp3) is 0.154. The highest BCUT2D eigenvalue weighted by atomic mass is 19.1. The second-order valence-corrected chi connectivity index (χ2v) is 4.06. The first-order valence-electron chi connectivity index (χ1n) is 5.61. The Morgan fingerprint density at radius 3 is 2.58 bits per heavy atom. The quantitative estimate of drug-likeness (QED) is 0.660. The number of hydrazine groups is 1. The minimum absolute atomic E-state index is 0.101. The Labute approximate surface area is 108 Å². The van der Waals surface area contributed by atoms with Gasteiger partial charge in [0.1, 0.15) is 17.5 Å². The van der Waals surface area contributed by atoms with Crippen LogP contribution in [0, 0.1) is 17.5 Å². The smallest absolute Gasteiger partial charge is 0.146 e. The monoisotopic (exact) mass is 267 g/mol. The molecular formula is C13H12F3N3. The lowest BCUT2D eigenvalue weighted by molar-refractivity contribution is 0.493. The minimum atomic E-state index is -0.685. The number of rotatable bonds is 4. The third-order valence-electron chi connectivity index (χ3n) is 2.82.